The van der Waals surface area contributed by atoms with Crippen molar-refractivity contribution in [2.24, 2.45) is 0 Å². The highest BCUT2D eigenvalue weighted by molar-refractivity contribution is 7.92. The summed E-state index contributed by atoms with van der Waals surface area (Å²) in [5, 5.41) is 0.271. The van der Waals surface area contributed by atoms with E-state index in [1.54, 1.807) is 31.5 Å². The van der Waals surface area contributed by atoms with E-state index in [1.165, 1.54) is 25.6 Å². The molecule has 3 heterocycles. The van der Waals surface area contributed by atoms with Gasteiger partial charge in [0.1, 0.15) is 17.0 Å². The molecule has 0 atom stereocenters. The highest BCUT2D eigenvalue weighted by Gasteiger charge is 2.21. The summed E-state index contributed by atoms with van der Waals surface area (Å²) in [5.74, 6) is 6.45. The van der Waals surface area contributed by atoms with Crippen LogP contribution < -0.4 is 9.46 Å². The van der Waals surface area contributed by atoms with Crippen LogP contribution in [0.1, 0.15) is 35.1 Å². The van der Waals surface area contributed by atoms with Gasteiger partial charge in [-0.1, -0.05) is 30.4 Å². The molecule has 0 saturated carbocycles. The predicted octanol–water partition coefficient (Wildman–Crippen LogP) is 4.98. The van der Waals surface area contributed by atoms with E-state index in [9.17, 15) is 8.42 Å². The van der Waals surface area contributed by atoms with Gasteiger partial charge in [0, 0.05) is 34.2 Å². The van der Waals surface area contributed by atoms with Gasteiger partial charge in [-0.3, -0.25) is 14.7 Å². The first-order valence-electron chi connectivity index (χ1n) is 11.3. The number of hydrogen-bond acceptors (Lipinski definition) is 7. The van der Waals surface area contributed by atoms with E-state index < -0.39 is 10.0 Å². The number of methoxy groups -OCH3 is 1. The molecule has 0 bridgehead atoms. The maximum absolute atomic E-state index is 13.2. The summed E-state index contributed by atoms with van der Waals surface area (Å²) >= 11 is 6.04. The van der Waals surface area contributed by atoms with Gasteiger partial charge in [0.05, 0.1) is 35.4 Å². The molecule has 0 amide bonds. The Kier molecular flexibility index (Phi) is 7.71. The largest absolute Gasteiger partial charge is 0.495 e. The van der Waals surface area contributed by atoms with Crippen LogP contribution >= 0.6 is 11.6 Å². The smallest absolute Gasteiger partial charge is 0.265 e. The zero-order valence-electron chi connectivity index (χ0n) is 20.7. The molecule has 10 heteroatoms. The first-order valence-corrected chi connectivity index (χ1v) is 13.2. The minimum atomic E-state index is -4.02. The molecule has 0 saturated heterocycles. The van der Waals surface area contributed by atoms with Crippen molar-refractivity contribution < 1.29 is 13.2 Å². The highest BCUT2D eigenvalue weighted by Crippen LogP contribution is 2.29. The molecular weight excluding hydrogens is 510 g/mol. The fourth-order valence-corrected chi connectivity index (χ4v) is 5.17. The SMILES string of the molecule is CCc1ncnc(-c2ccnc(C)c2)c1C#Cc1cnc(C)c(NS(=O)(=O)c2cc(Cl)ccc2OC)c1. The summed E-state index contributed by atoms with van der Waals surface area (Å²) in [4.78, 5) is 17.4. The molecule has 0 aliphatic heterocycles. The first kappa shape index (κ1) is 26.1. The fraction of sp³-hybridized carbons (Fsp3) is 0.185. The summed E-state index contributed by atoms with van der Waals surface area (Å²) in [7, 11) is -2.62. The lowest BCUT2D eigenvalue weighted by atomic mass is 10.0. The van der Waals surface area contributed by atoms with Gasteiger partial charge in [0.2, 0.25) is 0 Å². The molecular formula is C27H24ClN5O3S. The van der Waals surface area contributed by atoms with Crippen LogP contribution in [-0.4, -0.2) is 35.5 Å². The fourth-order valence-electron chi connectivity index (χ4n) is 3.63. The summed E-state index contributed by atoms with van der Waals surface area (Å²) in [6.45, 7) is 5.62. The van der Waals surface area contributed by atoms with Crippen molar-refractivity contribution in [1.29, 1.82) is 0 Å². The van der Waals surface area contributed by atoms with Crippen LogP contribution in [0.3, 0.4) is 0 Å². The van der Waals surface area contributed by atoms with Crippen LogP contribution in [0.5, 0.6) is 5.75 Å². The molecule has 188 valence electrons. The molecule has 0 unspecified atom stereocenters. The molecule has 0 spiro atoms. The molecule has 1 aromatic carbocycles. The third-order valence-corrected chi connectivity index (χ3v) is 7.13. The van der Waals surface area contributed by atoms with Gasteiger partial charge in [-0.25, -0.2) is 18.4 Å². The van der Waals surface area contributed by atoms with Crippen LogP contribution in [0.4, 0.5) is 5.69 Å². The summed E-state index contributed by atoms with van der Waals surface area (Å²) in [6.07, 6.45) is 5.51. The lowest BCUT2D eigenvalue weighted by Gasteiger charge is -2.13. The third kappa shape index (κ3) is 5.88. The second-order valence-electron chi connectivity index (χ2n) is 8.09. The van der Waals surface area contributed by atoms with Crippen LogP contribution in [0.25, 0.3) is 11.3 Å². The number of nitrogens with one attached hydrogen (secondary N) is 1. The quantitative estimate of drug-likeness (QED) is 0.348. The number of rotatable bonds is 6. The Morgan fingerprint density at radius 2 is 1.84 bits per heavy atom. The topological polar surface area (TPSA) is 107 Å². The van der Waals surface area contributed by atoms with Crippen LogP contribution in [0.2, 0.25) is 5.02 Å². The zero-order chi connectivity index (χ0) is 26.6. The number of pyridine rings is 2. The average molecular weight is 534 g/mol. The maximum atomic E-state index is 13.2. The van der Waals surface area contributed by atoms with Gasteiger partial charge in [-0.15, -0.1) is 0 Å². The summed E-state index contributed by atoms with van der Waals surface area (Å²) < 4.78 is 34.1. The van der Waals surface area contributed by atoms with E-state index in [2.05, 4.69) is 36.5 Å². The van der Waals surface area contributed by atoms with E-state index in [-0.39, 0.29) is 15.7 Å². The molecule has 0 aliphatic rings. The zero-order valence-corrected chi connectivity index (χ0v) is 22.3. The van der Waals surface area contributed by atoms with Crippen molar-refractivity contribution in [3.63, 3.8) is 0 Å². The van der Waals surface area contributed by atoms with Crippen molar-refractivity contribution in [3.8, 4) is 28.8 Å². The minimum absolute atomic E-state index is 0.0790. The van der Waals surface area contributed by atoms with E-state index in [0.29, 0.717) is 34.6 Å². The lowest BCUT2D eigenvalue weighted by molar-refractivity contribution is 0.403. The number of sulfonamides is 1. The number of anilines is 1. The molecule has 4 rings (SSSR count). The second kappa shape index (κ2) is 10.9. The average Bonchev–Trinajstić information content (AvgIpc) is 2.88. The molecule has 4 aromatic rings. The Balaban J connectivity index is 1.73. The van der Waals surface area contributed by atoms with E-state index in [4.69, 9.17) is 16.3 Å². The molecule has 0 radical (unpaired) electrons. The van der Waals surface area contributed by atoms with Gasteiger partial charge in [-0.05, 0) is 56.7 Å². The molecule has 8 nitrogen and oxygen atoms in total. The Morgan fingerprint density at radius 1 is 1.03 bits per heavy atom. The molecule has 1 N–H and O–H groups in total. The molecule has 37 heavy (non-hydrogen) atoms. The number of halogens is 1. The Labute approximate surface area is 221 Å². The summed E-state index contributed by atoms with van der Waals surface area (Å²) in [6, 6.07) is 9.84. The van der Waals surface area contributed by atoms with Gasteiger partial charge >= 0.3 is 0 Å². The number of benzene rings is 1. The standard InChI is InChI=1S/C27H24ClN5O3S/c1-5-23-22(27(32-16-31-23)20-10-11-29-17(2)12-20)8-6-19-13-24(18(3)30-15-19)33-37(34,35)26-14-21(28)7-9-25(26)36-4/h7,9-16,33H,5H2,1-4H3. The van der Waals surface area contributed by atoms with E-state index >= 15 is 0 Å². The lowest BCUT2D eigenvalue weighted by Crippen LogP contribution is -2.15. The van der Waals surface area contributed by atoms with Crippen molar-refractivity contribution in [2.45, 2.75) is 32.1 Å². The number of nitrogens with zero attached hydrogens (tertiary/aromatic N) is 4. The Bertz CT molecular complexity index is 1650. The van der Waals surface area contributed by atoms with Crippen molar-refractivity contribution in [2.75, 3.05) is 11.8 Å². The highest BCUT2D eigenvalue weighted by atomic mass is 35.5. The minimum Gasteiger partial charge on any atom is -0.495 e. The van der Waals surface area contributed by atoms with Crippen molar-refractivity contribution >= 4 is 27.3 Å². The monoisotopic (exact) mass is 533 g/mol. The van der Waals surface area contributed by atoms with Crippen LogP contribution in [0.15, 0.2) is 60.0 Å². The molecule has 0 fully saturated rings. The number of hydrogen-bond donors (Lipinski definition) is 1. The second-order valence-corrected chi connectivity index (χ2v) is 10.2. The van der Waals surface area contributed by atoms with Gasteiger partial charge in [-0.2, -0.15) is 0 Å². The van der Waals surface area contributed by atoms with Gasteiger partial charge in [0.25, 0.3) is 10.0 Å². The normalized spacial score (nSPS) is 10.9. The van der Waals surface area contributed by atoms with Gasteiger partial charge < -0.3 is 4.74 Å². The van der Waals surface area contributed by atoms with Crippen molar-refractivity contribution in [3.05, 3.63) is 88.4 Å². The number of aromatic nitrogens is 4. The molecule has 3 aromatic heterocycles. The number of ether oxygens (including phenoxy) is 1. The van der Waals surface area contributed by atoms with E-state index in [1.807, 2.05) is 26.0 Å². The molecule has 0 aliphatic carbocycles. The van der Waals surface area contributed by atoms with E-state index in [0.717, 1.165) is 17.0 Å². The van der Waals surface area contributed by atoms with Crippen LogP contribution in [0, 0.1) is 25.7 Å². The number of aryl methyl sites for hydroxylation is 3. The maximum Gasteiger partial charge on any atom is 0.265 e. The van der Waals surface area contributed by atoms with Crippen molar-refractivity contribution in [1.82, 2.24) is 19.9 Å². The predicted molar refractivity (Wildman–Crippen MR) is 143 cm³/mol. The first-order chi connectivity index (χ1) is 17.7. The summed E-state index contributed by atoms with van der Waals surface area (Å²) in [5.41, 5.74) is 5.26. The van der Waals surface area contributed by atoms with Gasteiger partial charge in [0.15, 0.2) is 0 Å². The third-order valence-electron chi connectivity index (χ3n) is 5.51. The van der Waals surface area contributed by atoms with Crippen LogP contribution in [-0.2, 0) is 16.4 Å². The Morgan fingerprint density at radius 3 is 2.57 bits per heavy atom. The Hall–Kier alpha value is -4.00.